The van der Waals surface area contributed by atoms with E-state index in [-0.39, 0.29) is 6.54 Å². The first kappa shape index (κ1) is 12.9. The van der Waals surface area contributed by atoms with E-state index in [0.29, 0.717) is 12.5 Å². The van der Waals surface area contributed by atoms with Crippen LogP contribution in [0.15, 0.2) is 0 Å². The van der Waals surface area contributed by atoms with E-state index in [1.165, 1.54) is 0 Å². The fourth-order valence-corrected chi connectivity index (χ4v) is 1.18. The molecule has 1 amide bonds. The van der Waals surface area contributed by atoms with Gasteiger partial charge in [-0.05, 0) is 12.8 Å². The monoisotopic (exact) mass is 202 g/mol. The Morgan fingerprint density at radius 1 is 1.36 bits per heavy atom. The van der Waals surface area contributed by atoms with Crippen molar-refractivity contribution in [3.05, 3.63) is 0 Å². The van der Waals surface area contributed by atoms with Gasteiger partial charge in [0.2, 0.25) is 5.91 Å². The van der Waals surface area contributed by atoms with E-state index in [4.69, 9.17) is 10.8 Å². The maximum atomic E-state index is 10.7. The first-order valence-corrected chi connectivity index (χ1v) is 4.59. The Hall–Kier alpha value is -1.10. The molecule has 82 valence electrons. The minimum Gasteiger partial charge on any atom is -0.480 e. The second-order valence-corrected chi connectivity index (χ2v) is 3.80. The molecular formula is C9H18N2O3. The van der Waals surface area contributed by atoms with E-state index in [0.717, 1.165) is 0 Å². The molecule has 0 aromatic heterocycles. The first-order valence-electron chi connectivity index (χ1n) is 4.59. The topological polar surface area (TPSA) is 83.6 Å². The Bertz CT molecular complexity index is 216. The molecule has 0 spiro atoms. The van der Waals surface area contributed by atoms with Crippen LogP contribution in [0.2, 0.25) is 0 Å². The molecule has 0 fully saturated rings. The molecule has 0 aliphatic heterocycles. The van der Waals surface area contributed by atoms with Crippen LogP contribution in [-0.4, -0.2) is 41.0 Å². The van der Waals surface area contributed by atoms with Crippen LogP contribution in [0.3, 0.4) is 0 Å². The maximum Gasteiger partial charge on any atom is 0.320 e. The molecular weight excluding hydrogens is 184 g/mol. The van der Waals surface area contributed by atoms with Gasteiger partial charge in [-0.2, -0.15) is 0 Å². The lowest BCUT2D eigenvalue weighted by Crippen LogP contribution is -2.45. The zero-order valence-electron chi connectivity index (χ0n) is 8.86. The summed E-state index contributed by atoms with van der Waals surface area (Å²) in [6.07, 6.45) is 0. The molecule has 0 saturated carbocycles. The summed E-state index contributed by atoms with van der Waals surface area (Å²) in [7, 11) is 0. The van der Waals surface area contributed by atoms with E-state index in [1.54, 1.807) is 11.8 Å². The average Bonchev–Trinajstić information content (AvgIpc) is 1.99. The van der Waals surface area contributed by atoms with Crippen molar-refractivity contribution in [3.63, 3.8) is 0 Å². The number of aliphatic carboxylic acids is 1. The van der Waals surface area contributed by atoms with Crippen molar-refractivity contribution < 1.29 is 14.7 Å². The highest BCUT2D eigenvalue weighted by molar-refractivity contribution is 5.78. The van der Waals surface area contributed by atoms with Crippen LogP contribution in [0.1, 0.15) is 20.8 Å². The number of nitrogens with zero attached hydrogens (tertiary/aromatic N) is 1. The van der Waals surface area contributed by atoms with Crippen LogP contribution in [0.5, 0.6) is 0 Å². The van der Waals surface area contributed by atoms with E-state index >= 15 is 0 Å². The van der Waals surface area contributed by atoms with Crippen molar-refractivity contribution in [2.24, 2.45) is 11.7 Å². The van der Waals surface area contributed by atoms with Crippen LogP contribution in [0, 0.1) is 5.92 Å². The van der Waals surface area contributed by atoms with Crippen molar-refractivity contribution in [2.75, 3.05) is 13.1 Å². The normalized spacial score (nSPS) is 13.2. The van der Waals surface area contributed by atoms with Gasteiger partial charge in [0.1, 0.15) is 6.04 Å². The second-order valence-electron chi connectivity index (χ2n) is 3.80. The largest absolute Gasteiger partial charge is 0.480 e. The van der Waals surface area contributed by atoms with Gasteiger partial charge in [0, 0.05) is 6.54 Å². The summed E-state index contributed by atoms with van der Waals surface area (Å²) in [6, 6.07) is -0.676. The van der Waals surface area contributed by atoms with E-state index < -0.39 is 17.9 Å². The molecule has 14 heavy (non-hydrogen) atoms. The molecule has 0 saturated heterocycles. The number of rotatable bonds is 6. The lowest BCUT2D eigenvalue weighted by atomic mass is 10.1. The summed E-state index contributed by atoms with van der Waals surface area (Å²) in [5.74, 6) is -1.14. The Balaban J connectivity index is 4.37. The van der Waals surface area contributed by atoms with Crippen molar-refractivity contribution in [1.82, 2.24) is 4.90 Å². The second kappa shape index (κ2) is 5.59. The summed E-state index contributed by atoms with van der Waals surface area (Å²) in [4.78, 5) is 23.0. The number of hydrogen-bond acceptors (Lipinski definition) is 3. The summed E-state index contributed by atoms with van der Waals surface area (Å²) in [5.41, 5.74) is 5.03. The van der Waals surface area contributed by atoms with Crippen molar-refractivity contribution in [2.45, 2.75) is 26.8 Å². The van der Waals surface area contributed by atoms with Gasteiger partial charge < -0.3 is 10.8 Å². The van der Waals surface area contributed by atoms with Gasteiger partial charge in [0.25, 0.3) is 0 Å². The van der Waals surface area contributed by atoms with E-state index in [1.807, 2.05) is 13.8 Å². The van der Waals surface area contributed by atoms with Gasteiger partial charge in [0.05, 0.1) is 6.54 Å². The average molecular weight is 202 g/mol. The molecule has 0 heterocycles. The minimum atomic E-state index is -0.938. The Morgan fingerprint density at radius 2 is 1.86 bits per heavy atom. The molecule has 1 unspecified atom stereocenters. The molecule has 5 heteroatoms. The van der Waals surface area contributed by atoms with Crippen LogP contribution in [0.4, 0.5) is 0 Å². The molecule has 3 N–H and O–H groups in total. The van der Waals surface area contributed by atoms with Crippen LogP contribution < -0.4 is 5.73 Å². The quantitative estimate of drug-likeness (QED) is 0.630. The van der Waals surface area contributed by atoms with Gasteiger partial charge in [-0.15, -0.1) is 0 Å². The SMILES string of the molecule is CC(C)CN(CC(N)=O)C(C)C(=O)O. The molecule has 0 aliphatic rings. The summed E-state index contributed by atoms with van der Waals surface area (Å²) < 4.78 is 0. The number of nitrogens with two attached hydrogens (primary N) is 1. The van der Waals surface area contributed by atoms with Gasteiger partial charge in [0.15, 0.2) is 0 Å². The lowest BCUT2D eigenvalue weighted by Gasteiger charge is -2.26. The van der Waals surface area contributed by atoms with Crippen molar-refractivity contribution >= 4 is 11.9 Å². The van der Waals surface area contributed by atoms with Gasteiger partial charge >= 0.3 is 5.97 Å². The molecule has 0 aromatic rings. The van der Waals surface area contributed by atoms with Crippen molar-refractivity contribution in [1.29, 1.82) is 0 Å². The maximum absolute atomic E-state index is 10.7. The number of hydrogen-bond donors (Lipinski definition) is 2. The predicted molar refractivity (Wildman–Crippen MR) is 52.7 cm³/mol. The molecule has 5 nitrogen and oxygen atoms in total. The standard InChI is InChI=1S/C9H18N2O3/c1-6(2)4-11(5-8(10)12)7(3)9(13)14/h6-7H,4-5H2,1-3H3,(H2,10,12)(H,13,14). The fourth-order valence-electron chi connectivity index (χ4n) is 1.18. The summed E-state index contributed by atoms with van der Waals surface area (Å²) >= 11 is 0. The molecule has 0 aromatic carbocycles. The summed E-state index contributed by atoms with van der Waals surface area (Å²) in [6.45, 7) is 6.01. The van der Waals surface area contributed by atoms with Gasteiger partial charge in [-0.3, -0.25) is 14.5 Å². The van der Waals surface area contributed by atoms with Crippen molar-refractivity contribution in [3.8, 4) is 0 Å². The molecule has 0 radical (unpaired) electrons. The number of amides is 1. The van der Waals surface area contributed by atoms with E-state index in [2.05, 4.69) is 0 Å². The third-order valence-electron chi connectivity index (χ3n) is 1.86. The molecule has 0 aliphatic carbocycles. The Labute approximate surface area is 83.9 Å². The zero-order valence-corrected chi connectivity index (χ0v) is 8.86. The molecule has 0 bridgehead atoms. The number of carbonyl (C=O) groups excluding carboxylic acids is 1. The zero-order chi connectivity index (χ0) is 11.3. The third kappa shape index (κ3) is 4.81. The highest BCUT2D eigenvalue weighted by Gasteiger charge is 2.22. The predicted octanol–water partition coefficient (Wildman–Crippen LogP) is -0.0972. The fraction of sp³-hybridized carbons (Fsp3) is 0.778. The highest BCUT2D eigenvalue weighted by Crippen LogP contribution is 2.04. The molecule has 1 atom stereocenters. The van der Waals surface area contributed by atoms with E-state index in [9.17, 15) is 9.59 Å². The highest BCUT2D eigenvalue weighted by atomic mass is 16.4. The number of carbonyl (C=O) groups is 2. The molecule has 0 rings (SSSR count). The smallest absolute Gasteiger partial charge is 0.320 e. The Morgan fingerprint density at radius 3 is 2.14 bits per heavy atom. The lowest BCUT2D eigenvalue weighted by molar-refractivity contribution is -0.143. The van der Waals surface area contributed by atoms with Gasteiger partial charge in [-0.25, -0.2) is 0 Å². The third-order valence-corrected chi connectivity index (χ3v) is 1.86. The van der Waals surface area contributed by atoms with Crippen LogP contribution in [-0.2, 0) is 9.59 Å². The van der Waals surface area contributed by atoms with Gasteiger partial charge in [-0.1, -0.05) is 13.8 Å². The Kier molecular flexibility index (Phi) is 5.15. The summed E-state index contributed by atoms with van der Waals surface area (Å²) in [5, 5.41) is 8.78. The van der Waals surface area contributed by atoms with Crippen LogP contribution >= 0.6 is 0 Å². The van der Waals surface area contributed by atoms with Crippen LogP contribution in [0.25, 0.3) is 0 Å². The number of primary amides is 1. The number of carboxylic acids is 1. The first-order chi connectivity index (χ1) is 6.34. The minimum absolute atomic E-state index is 0.00829. The number of carboxylic acid groups (broad SMARTS) is 1.